The molecule has 130 valence electrons. The molecular weight excluding hydrogens is 340 g/mol. The molecule has 4 rings (SSSR count). The summed E-state index contributed by atoms with van der Waals surface area (Å²) in [6.07, 6.45) is 5.79. The lowest BCUT2D eigenvalue weighted by atomic mass is 9.95. The molecule has 1 fully saturated rings. The van der Waals surface area contributed by atoms with Gasteiger partial charge in [-0.3, -0.25) is 9.78 Å². The summed E-state index contributed by atoms with van der Waals surface area (Å²) < 4.78 is 5.76. The summed E-state index contributed by atoms with van der Waals surface area (Å²) in [5.41, 5.74) is 1.01. The number of aromatic nitrogens is 2. The minimum atomic E-state index is -0.144. The van der Waals surface area contributed by atoms with E-state index >= 15 is 0 Å². The van der Waals surface area contributed by atoms with Gasteiger partial charge in [0.1, 0.15) is 18.2 Å². The van der Waals surface area contributed by atoms with Crippen LogP contribution in [0, 0.1) is 5.92 Å². The Morgan fingerprint density at radius 2 is 2.04 bits per heavy atom. The Hall–Kier alpha value is -2.34. The number of rotatable bonds is 2. The molecule has 0 spiro atoms. The number of hydrogen-bond donors (Lipinski definition) is 0. The molecule has 1 aromatic carbocycles. The number of hydrogen-bond acceptors (Lipinski definition) is 5. The highest BCUT2D eigenvalue weighted by molar-refractivity contribution is 6.30. The van der Waals surface area contributed by atoms with Crippen molar-refractivity contribution in [3.8, 4) is 5.75 Å². The van der Waals surface area contributed by atoms with Crippen LogP contribution in [0.1, 0.15) is 5.56 Å². The maximum absolute atomic E-state index is 12.9. The van der Waals surface area contributed by atoms with Crippen molar-refractivity contribution in [2.75, 3.05) is 37.7 Å². The summed E-state index contributed by atoms with van der Waals surface area (Å²) in [7, 11) is 0. The van der Waals surface area contributed by atoms with Crippen molar-refractivity contribution < 1.29 is 9.53 Å². The highest BCUT2D eigenvalue weighted by Crippen LogP contribution is 2.30. The molecule has 0 aliphatic carbocycles. The first-order valence-corrected chi connectivity index (χ1v) is 8.79. The van der Waals surface area contributed by atoms with E-state index in [1.165, 1.54) is 0 Å². The highest BCUT2D eigenvalue weighted by atomic mass is 35.5. The summed E-state index contributed by atoms with van der Waals surface area (Å²) in [6, 6.07) is 5.58. The summed E-state index contributed by atoms with van der Waals surface area (Å²) in [6.45, 7) is 3.33. The van der Waals surface area contributed by atoms with Crippen LogP contribution in [-0.2, 0) is 11.2 Å². The van der Waals surface area contributed by atoms with E-state index in [0.29, 0.717) is 31.1 Å². The Balaban J connectivity index is 1.38. The molecule has 0 bridgehead atoms. The standard InChI is InChI=1S/C18H19ClN4O2/c19-15-1-2-16-13(10-15)9-14(12-25-16)18(24)23-7-5-22(6-8-23)17-11-20-3-4-21-17/h1-4,10-11,14H,5-9,12H2/t14-/m0/s1. The van der Waals surface area contributed by atoms with Crippen molar-refractivity contribution >= 4 is 23.3 Å². The first-order valence-electron chi connectivity index (χ1n) is 8.42. The van der Waals surface area contributed by atoms with Crippen molar-refractivity contribution in [1.82, 2.24) is 14.9 Å². The van der Waals surface area contributed by atoms with Crippen LogP contribution in [0.5, 0.6) is 5.75 Å². The van der Waals surface area contributed by atoms with Gasteiger partial charge < -0.3 is 14.5 Å². The number of halogens is 1. The molecule has 3 heterocycles. The Labute approximate surface area is 151 Å². The van der Waals surface area contributed by atoms with Crippen molar-refractivity contribution in [3.05, 3.63) is 47.4 Å². The van der Waals surface area contributed by atoms with Gasteiger partial charge in [0, 0.05) is 43.6 Å². The molecule has 1 amide bonds. The molecule has 0 unspecified atom stereocenters. The number of carbonyl (C=O) groups is 1. The second kappa shape index (κ2) is 6.88. The summed E-state index contributed by atoms with van der Waals surface area (Å²) >= 11 is 6.06. The minimum Gasteiger partial charge on any atom is -0.492 e. The van der Waals surface area contributed by atoms with E-state index in [9.17, 15) is 4.79 Å². The van der Waals surface area contributed by atoms with Crippen LogP contribution >= 0.6 is 11.6 Å². The average molecular weight is 359 g/mol. The quantitative estimate of drug-likeness (QED) is 0.822. The van der Waals surface area contributed by atoms with E-state index in [-0.39, 0.29) is 11.8 Å². The smallest absolute Gasteiger partial charge is 0.229 e. The van der Waals surface area contributed by atoms with Crippen molar-refractivity contribution in [3.63, 3.8) is 0 Å². The molecule has 6 nitrogen and oxygen atoms in total. The second-order valence-electron chi connectivity index (χ2n) is 6.34. The number of amides is 1. The normalized spacial score (nSPS) is 20.0. The van der Waals surface area contributed by atoms with Crippen LogP contribution in [0.15, 0.2) is 36.8 Å². The molecular formula is C18H19ClN4O2. The van der Waals surface area contributed by atoms with Crippen LogP contribution < -0.4 is 9.64 Å². The third kappa shape index (κ3) is 3.39. The summed E-state index contributed by atoms with van der Waals surface area (Å²) in [5.74, 6) is 1.71. The molecule has 1 saturated heterocycles. The molecule has 0 radical (unpaired) electrons. The second-order valence-corrected chi connectivity index (χ2v) is 6.78. The van der Waals surface area contributed by atoms with Gasteiger partial charge in [-0.25, -0.2) is 4.98 Å². The van der Waals surface area contributed by atoms with E-state index in [4.69, 9.17) is 16.3 Å². The first-order chi connectivity index (χ1) is 12.2. The van der Waals surface area contributed by atoms with Gasteiger partial charge in [-0.05, 0) is 30.2 Å². The number of ether oxygens (including phenoxy) is 1. The van der Waals surface area contributed by atoms with Crippen LogP contribution in [0.4, 0.5) is 5.82 Å². The summed E-state index contributed by atoms with van der Waals surface area (Å²) in [4.78, 5) is 25.4. The number of fused-ring (bicyclic) bond motifs is 1. The van der Waals surface area contributed by atoms with Gasteiger partial charge in [-0.2, -0.15) is 0 Å². The third-order valence-corrected chi connectivity index (χ3v) is 4.98. The van der Waals surface area contributed by atoms with E-state index in [1.54, 1.807) is 18.6 Å². The fourth-order valence-electron chi connectivity index (χ4n) is 3.39. The van der Waals surface area contributed by atoms with Gasteiger partial charge in [-0.15, -0.1) is 0 Å². The average Bonchev–Trinajstić information content (AvgIpc) is 2.67. The molecule has 1 atom stereocenters. The number of nitrogens with zero attached hydrogens (tertiary/aromatic N) is 4. The predicted octanol–water partition coefficient (Wildman–Crippen LogP) is 2.03. The molecule has 25 heavy (non-hydrogen) atoms. The maximum atomic E-state index is 12.9. The lowest BCUT2D eigenvalue weighted by Crippen LogP contribution is -2.51. The molecule has 0 N–H and O–H groups in total. The Morgan fingerprint density at radius 1 is 1.20 bits per heavy atom. The Morgan fingerprint density at radius 3 is 2.80 bits per heavy atom. The topological polar surface area (TPSA) is 58.6 Å². The fraction of sp³-hybridized carbons (Fsp3) is 0.389. The van der Waals surface area contributed by atoms with Crippen molar-refractivity contribution in [1.29, 1.82) is 0 Å². The number of piperazine rings is 1. The van der Waals surface area contributed by atoms with Gasteiger partial charge in [-0.1, -0.05) is 11.6 Å². The number of anilines is 1. The van der Waals surface area contributed by atoms with Gasteiger partial charge >= 0.3 is 0 Å². The zero-order chi connectivity index (χ0) is 17.2. The predicted molar refractivity (Wildman–Crippen MR) is 95.0 cm³/mol. The molecule has 1 aromatic heterocycles. The lowest BCUT2D eigenvalue weighted by molar-refractivity contribution is -0.137. The molecule has 2 aliphatic heterocycles. The molecule has 0 saturated carbocycles. The minimum absolute atomic E-state index is 0.144. The van der Waals surface area contributed by atoms with E-state index < -0.39 is 0 Å². The van der Waals surface area contributed by atoms with Crippen LogP contribution in [0.2, 0.25) is 5.02 Å². The van der Waals surface area contributed by atoms with Crippen LogP contribution in [0.25, 0.3) is 0 Å². The van der Waals surface area contributed by atoms with Crippen molar-refractivity contribution in [2.45, 2.75) is 6.42 Å². The van der Waals surface area contributed by atoms with Gasteiger partial charge in [0.25, 0.3) is 0 Å². The molecule has 2 aliphatic rings. The van der Waals surface area contributed by atoms with Gasteiger partial charge in [0.15, 0.2) is 0 Å². The SMILES string of the molecule is O=C([C@@H]1COc2ccc(Cl)cc2C1)N1CCN(c2cnccn2)CC1. The van der Waals surface area contributed by atoms with Crippen LogP contribution in [-0.4, -0.2) is 53.6 Å². The first kappa shape index (κ1) is 16.1. The third-order valence-electron chi connectivity index (χ3n) is 4.74. The van der Waals surface area contributed by atoms with Crippen molar-refractivity contribution in [2.24, 2.45) is 5.92 Å². The zero-order valence-electron chi connectivity index (χ0n) is 13.8. The lowest BCUT2D eigenvalue weighted by Gasteiger charge is -2.37. The maximum Gasteiger partial charge on any atom is 0.229 e. The zero-order valence-corrected chi connectivity index (χ0v) is 14.5. The molecule has 2 aromatic rings. The monoisotopic (exact) mass is 358 g/mol. The van der Waals surface area contributed by atoms with Gasteiger partial charge in [0.05, 0.1) is 12.1 Å². The Kier molecular flexibility index (Phi) is 4.44. The number of benzene rings is 1. The summed E-state index contributed by atoms with van der Waals surface area (Å²) in [5, 5.41) is 0.674. The van der Waals surface area contributed by atoms with E-state index in [2.05, 4.69) is 14.9 Å². The highest BCUT2D eigenvalue weighted by Gasteiger charge is 2.31. The molecule has 7 heteroatoms. The van der Waals surface area contributed by atoms with E-state index in [0.717, 1.165) is 30.2 Å². The fourth-order valence-corrected chi connectivity index (χ4v) is 3.59. The Bertz CT molecular complexity index is 763. The van der Waals surface area contributed by atoms with E-state index in [1.807, 2.05) is 23.1 Å². The van der Waals surface area contributed by atoms with Crippen LogP contribution in [0.3, 0.4) is 0 Å². The van der Waals surface area contributed by atoms with Gasteiger partial charge in [0.2, 0.25) is 5.91 Å². The number of carbonyl (C=O) groups excluding carboxylic acids is 1. The largest absolute Gasteiger partial charge is 0.492 e.